The molecule has 1 aliphatic heterocycles. The smallest absolute Gasteiger partial charge is 0.293 e. The van der Waals surface area contributed by atoms with Gasteiger partial charge >= 0.3 is 0 Å². The number of hydrogen-bond acceptors (Lipinski definition) is 4. The van der Waals surface area contributed by atoms with Gasteiger partial charge in [0.1, 0.15) is 0 Å². The van der Waals surface area contributed by atoms with Crippen LogP contribution in [0, 0.1) is 0 Å². The van der Waals surface area contributed by atoms with Crippen LogP contribution in [0.15, 0.2) is 17.2 Å². The fourth-order valence-electron chi connectivity index (χ4n) is 1.71. The molecule has 1 fully saturated rings. The van der Waals surface area contributed by atoms with Crippen molar-refractivity contribution in [2.45, 2.75) is 6.10 Å². The number of alkyl halides is 1. The van der Waals surface area contributed by atoms with Crippen molar-refractivity contribution in [1.29, 1.82) is 0 Å². The van der Waals surface area contributed by atoms with Crippen LogP contribution in [0.25, 0.3) is 0 Å². The molecular weight excluding hydrogens is 230 g/mol. The molecule has 1 saturated heterocycles. The summed E-state index contributed by atoms with van der Waals surface area (Å²) in [6.45, 7) is 1.88. The molecule has 1 atom stereocenters. The third-order valence-corrected chi connectivity index (χ3v) is 2.95. The van der Waals surface area contributed by atoms with E-state index in [1.54, 1.807) is 19.4 Å². The zero-order valence-corrected chi connectivity index (χ0v) is 9.85. The van der Waals surface area contributed by atoms with E-state index in [0.29, 0.717) is 31.4 Å². The second-order valence-electron chi connectivity index (χ2n) is 3.76. The molecule has 1 aromatic heterocycles. The van der Waals surface area contributed by atoms with Crippen LogP contribution in [0.1, 0.15) is 0 Å². The predicted octanol–water partition coefficient (Wildman–Crippen LogP) is 0.224. The number of rotatable bonds is 2. The van der Waals surface area contributed by atoms with Gasteiger partial charge in [-0.2, -0.15) is 0 Å². The Hall–Kier alpha value is -1.07. The molecule has 5 nitrogen and oxygen atoms in total. The lowest BCUT2D eigenvalue weighted by Gasteiger charge is -2.32. The van der Waals surface area contributed by atoms with Gasteiger partial charge in [0.05, 0.1) is 18.6 Å². The first-order valence-electron chi connectivity index (χ1n) is 5.16. The van der Waals surface area contributed by atoms with Crippen molar-refractivity contribution < 1.29 is 4.74 Å². The van der Waals surface area contributed by atoms with Crippen molar-refractivity contribution in [2.75, 3.05) is 30.5 Å². The Labute approximate surface area is 98.6 Å². The van der Waals surface area contributed by atoms with E-state index in [2.05, 4.69) is 4.98 Å². The normalized spacial score (nSPS) is 21.1. The fourth-order valence-corrected chi connectivity index (χ4v) is 1.89. The molecule has 2 heterocycles. The summed E-state index contributed by atoms with van der Waals surface area (Å²) in [7, 11) is 1.72. The predicted molar refractivity (Wildman–Crippen MR) is 62.2 cm³/mol. The molecule has 2 rings (SSSR count). The second kappa shape index (κ2) is 4.84. The molecule has 1 aromatic rings. The van der Waals surface area contributed by atoms with Crippen molar-refractivity contribution in [3.63, 3.8) is 0 Å². The molecule has 16 heavy (non-hydrogen) atoms. The van der Waals surface area contributed by atoms with Crippen LogP contribution < -0.4 is 10.5 Å². The van der Waals surface area contributed by atoms with E-state index >= 15 is 0 Å². The first kappa shape index (κ1) is 11.4. The molecule has 0 amide bonds. The topological polar surface area (TPSA) is 47.4 Å². The number of morpholine rings is 1. The first-order chi connectivity index (χ1) is 7.72. The molecule has 0 N–H and O–H groups in total. The Morgan fingerprint density at radius 2 is 2.50 bits per heavy atom. The Bertz CT molecular complexity index is 421. The van der Waals surface area contributed by atoms with E-state index in [4.69, 9.17) is 16.3 Å². The zero-order valence-electron chi connectivity index (χ0n) is 9.10. The summed E-state index contributed by atoms with van der Waals surface area (Å²) in [4.78, 5) is 17.9. The van der Waals surface area contributed by atoms with Gasteiger partial charge < -0.3 is 14.2 Å². The second-order valence-corrected chi connectivity index (χ2v) is 4.07. The van der Waals surface area contributed by atoms with Crippen molar-refractivity contribution in [3.05, 3.63) is 22.7 Å². The monoisotopic (exact) mass is 243 g/mol. The SMILES string of the molecule is Cn1ccnc(N2CCOC(CCl)C2)c1=O. The minimum absolute atomic E-state index is 0.0258. The van der Waals surface area contributed by atoms with Gasteiger partial charge in [0.15, 0.2) is 5.82 Å². The molecule has 0 aromatic carbocycles. The lowest BCUT2D eigenvalue weighted by molar-refractivity contribution is 0.0550. The quantitative estimate of drug-likeness (QED) is 0.698. The highest BCUT2D eigenvalue weighted by Crippen LogP contribution is 2.11. The van der Waals surface area contributed by atoms with Gasteiger partial charge in [0, 0.05) is 32.5 Å². The molecule has 0 radical (unpaired) electrons. The van der Waals surface area contributed by atoms with Crippen molar-refractivity contribution in [3.8, 4) is 0 Å². The Morgan fingerprint density at radius 1 is 1.69 bits per heavy atom. The van der Waals surface area contributed by atoms with Crippen LogP contribution in [-0.2, 0) is 11.8 Å². The van der Waals surface area contributed by atoms with Crippen LogP contribution in [-0.4, -0.2) is 41.2 Å². The van der Waals surface area contributed by atoms with Gasteiger partial charge in [0.25, 0.3) is 5.56 Å². The van der Waals surface area contributed by atoms with E-state index in [9.17, 15) is 4.79 Å². The molecular formula is C10H14ClN3O2. The van der Waals surface area contributed by atoms with E-state index in [1.807, 2.05) is 4.90 Å². The third-order valence-electron chi connectivity index (χ3n) is 2.61. The summed E-state index contributed by atoms with van der Waals surface area (Å²) >= 11 is 5.75. The van der Waals surface area contributed by atoms with Gasteiger partial charge in [-0.1, -0.05) is 0 Å². The number of hydrogen-bond donors (Lipinski definition) is 0. The molecule has 6 heteroatoms. The number of aromatic nitrogens is 2. The molecule has 0 saturated carbocycles. The minimum atomic E-state index is -0.0854. The summed E-state index contributed by atoms with van der Waals surface area (Å²) in [6.07, 6.45) is 3.25. The first-order valence-corrected chi connectivity index (χ1v) is 5.70. The Balaban J connectivity index is 2.23. The Morgan fingerprint density at radius 3 is 3.25 bits per heavy atom. The maximum absolute atomic E-state index is 11.8. The minimum Gasteiger partial charge on any atom is -0.373 e. The van der Waals surface area contributed by atoms with Crippen molar-refractivity contribution in [1.82, 2.24) is 9.55 Å². The summed E-state index contributed by atoms with van der Waals surface area (Å²) in [5.41, 5.74) is -0.0854. The number of aryl methyl sites for hydroxylation is 1. The van der Waals surface area contributed by atoms with E-state index in [0.717, 1.165) is 0 Å². The zero-order chi connectivity index (χ0) is 11.5. The highest BCUT2D eigenvalue weighted by Gasteiger charge is 2.22. The van der Waals surface area contributed by atoms with E-state index in [1.165, 1.54) is 4.57 Å². The lowest BCUT2D eigenvalue weighted by Crippen LogP contribution is -2.46. The summed E-state index contributed by atoms with van der Waals surface area (Å²) in [6, 6.07) is 0. The molecule has 88 valence electrons. The van der Waals surface area contributed by atoms with Gasteiger partial charge in [-0.3, -0.25) is 4.79 Å². The summed E-state index contributed by atoms with van der Waals surface area (Å²) in [5, 5.41) is 0. The molecule has 0 bridgehead atoms. The molecule has 1 aliphatic rings. The fraction of sp³-hybridized carbons (Fsp3) is 0.600. The van der Waals surface area contributed by atoms with Gasteiger partial charge in [0.2, 0.25) is 0 Å². The van der Waals surface area contributed by atoms with Crippen molar-refractivity contribution >= 4 is 17.4 Å². The van der Waals surface area contributed by atoms with Crippen LogP contribution in [0.5, 0.6) is 0 Å². The van der Waals surface area contributed by atoms with Crippen molar-refractivity contribution in [2.24, 2.45) is 7.05 Å². The Kier molecular flexibility index (Phi) is 3.46. The largest absolute Gasteiger partial charge is 0.373 e. The maximum Gasteiger partial charge on any atom is 0.293 e. The van der Waals surface area contributed by atoms with Crippen LogP contribution in [0.4, 0.5) is 5.82 Å². The van der Waals surface area contributed by atoms with Crippen LogP contribution in [0.3, 0.4) is 0 Å². The van der Waals surface area contributed by atoms with Gasteiger partial charge in [-0.25, -0.2) is 4.98 Å². The van der Waals surface area contributed by atoms with Gasteiger partial charge in [-0.15, -0.1) is 11.6 Å². The standard InChI is InChI=1S/C10H14ClN3O2/c1-13-3-2-12-9(10(13)15)14-4-5-16-8(6-11)7-14/h2-3,8H,4-7H2,1H3. The maximum atomic E-state index is 11.8. The number of nitrogens with zero attached hydrogens (tertiary/aromatic N) is 3. The molecule has 0 aliphatic carbocycles. The number of ether oxygens (including phenoxy) is 1. The third kappa shape index (κ3) is 2.20. The van der Waals surface area contributed by atoms with E-state index < -0.39 is 0 Å². The lowest BCUT2D eigenvalue weighted by atomic mass is 10.3. The van der Waals surface area contributed by atoms with Crippen LogP contribution in [0.2, 0.25) is 0 Å². The average Bonchev–Trinajstić information content (AvgIpc) is 2.33. The highest BCUT2D eigenvalue weighted by molar-refractivity contribution is 6.18. The number of halogens is 1. The summed E-state index contributed by atoms with van der Waals surface area (Å²) < 4.78 is 6.96. The highest BCUT2D eigenvalue weighted by atomic mass is 35.5. The summed E-state index contributed by atoms with van der Waals surface area (Å²) in [5.74, 6) is 0.910. The molecule has 0 spiro atoms. The molecule has 1 unspecified atom stereocenters. The average molecular weight is 244 g/mol. The van der Waals surface area contributed by atoms with Gasteiger partial charge in [-0.05, 0) is 0 Å². The van der Waals surface area contributed by atoms with Crippen LogP contribution >= 0.6 is 11.6 Å². The van der Waals surface area contributed by atoms with E-state index in [-0.39, 0.29) is 11.7 Å². The number of anilines is 1.